The van der Waals surface area contributed by atoms with E-state index in [-0.39, 0.29) is 17.9 Å². The van der Waals surface area contributed by atoms with Gasteiger partial charge in [-0.1, -0.05) is 29.8 Å². The zero-order valence-electron chi connectivity index (χ0n) is 22.2. The van der Waals surface area contributed by atoms with Crippen molar-refractivity contribution in [3.05, 3.63) is 113 Å². The summed E-state index contributed by atoms with van der Waals surface area (Å²) < 4.78 is 43.3. The molecule has 11 heteroatoms. The van der Waals surface area contributed by atoms with Crippen LogP contribution < -0.4 is 4.90 Å². The van der Waals surface area contributed by atoms with Crippen LogP contribution in [-0.2, 0) is 26.2 Å². The number of halogens is 2. The highest BCUT2D eigenvalue weighted by Crippen LogP contribution is 2.34. The standard InChI is InChI=1S/C31H23ClFN3O4S2/c1-19-2-15-26-28(16-19)41-30(34-26)21-5-11-24(12-6-21)36-29(37)17-27(31(36)38)35(18-20-3-9-23(33)10-4-20)42(39,40)25-13-7-22(32)8-14-25/h2-16,27H,17-18H2,1H3. The molecule has 1 fully saturated rings. The Balaban J connectivity index is 1.31. The highest BCUT2D eigenvalue weighted by atomic mass is 35.5. The van der Waals surface area contributed by atoms with Gasteiger partial charge in [0.25, 0.3) is 5.91 Å². The zero-order chi connectivity index (χ0) is 29.6. The van der Waals surface area contributed by atoms with E-state index in [2.05, 4.69) is 11.1 Å². The second-order valence-electron chi connectivity index (χ2n) is 9.96. The molecule has 1 unspecified atom stereocenters. The second kappa shape index (κ2) is 11.0. The third-order valence-corrected chi connectivity index (χ3v) is 10.2. The van der Waals surface area contributed by atoms with Gasteiger partial charge in [-0.05, 0) is 90.8 Å². The number of rotatable bonds is 7. The number of fused-ring (bicyclic) bond motifs is 1. The van der Waals surface area contributed by atoms with Crippen molar-refractivity contribution in [2.24, 2.45) is 0 Å². The molecule has 0 N–H and O–H groups in total. The Kier molecular flexibility index (Phi) is 7.40. The largest absolute Gasteiger partial charge is 0.274 e. The van der Waals surface area contributed by atoms with Gasteiger partial charge in [-0.2, -0.15) is 4.31 Å². The Morgan fingerprint density at radius 3 is 2.36 bits per heavy atom. The molecule has 7 nitrogen and oxygen atoms in total. The molecule has 0 saturated carbocycles. The second-order valence-corrected chi connectivity index (χ2v) is 13.3. The molecule has 0 spiro atoms. The van der Waals surface area contributed by atoms with E-state index in [1.807, 2.05) is 19.1 Å². The maximum absolute atomic E-state index is 13.8. The molecule has 1 atom stereocenters. The summed E-state index contributed by atoms with van der Waals surface area (Å²) in [5, 5.41) is 1.15. The lowest BCUT2D eigenvalue weighted by Crippen LogP contribution is -2.45. The Hall–Kier alpha value is -3.96. The average Bonchev–Trinajstić information content (AvgIpc) is 3.52. The molecule has 42 heavy (non-hydrogen) atoms. The van der Waals surface area contributed by atoms with Crippen molar-refractivity contribution in [3.63, 3.8) is 0 Å². The van der Waals surface area contributed by atoms with Gasteiger partial charge in [0, 0.05) is 17.1 Å². The van der Waals surface area contributed by atoms with E-state index >= 15 is 0 Å². The predicted molar refractivity (Wildman–Crippen MR) is 161 cm³/mol. The third-order valence-electron chi connectivity index (χ3n) is 7.06. The van der Waals surface area contributed by atoms with Crippen LogP contribution >= 0.6 is 22.9 Å². The lowest BCUT2D eigenvalue weighted by molar-refractivity contribution is -0.122. The summed E-state index contributed by atoms with van der Waals surface area (Å²) in [6.45, 7) is 1.78. The summed E-state index contributed by atoms with van der Waals surface area (Å²) in [4.78, 5) is 32.6. The molecule has 212 valence electrons. The summed E-state index contributed by atoms with van der Waals surface area (Å²) in [5.41, 5.74) is 3.65. The molecule has 1 saturated heterocycles. The lowest BCUT2D eigenvalue weighted by atomic mass is 10.2. The quantitative estimate of drug-likeness (QED) is 0.192. The van der Waals surface area contributed by atoms with E-state index in [1.54, 1.807) is 35.6 Å². The molecule has 5 aromatic rings. The van der Waals surface area contributed by atoms with E-state index in [4.69, 9.17) is 11.6 Å². The fraction of sp³-hybridized carbons (Fsp3) is 0.129. The predicted octanol–water partition coefficient (Wildman–Crippen LogP) is 6.59. The first-order valence-electron chi connectivity index (χ1n) is 13.0. The molecular weight excluding hydrogens is 597 g/mol. The van der Waals surface area contributed by atoms with Gasteiger partial charge in [0.05, 0.1) is 27.2 Å². The molecule has 0 radical (unpaired) electrons. The van der Waals surface area contributed by atoms with E-state index in [0.717, 1.165) is 35.6 Å². The Labute approximate surface area is 250 Å². The summed E-state index contributed by atoms with van der Waals surface area (Å²) in [5.74, 6) is -1.67. The number of thiazole rings is 1. The highest BCUT2D eigenvalue weighted by Gasteiger charge is 2.47. The smallest absolute Gasteiger partial charge is 0.252 e. The van der Waals surface area contributed by atoms with Gasteiger partial charge in [-0.3, -0.25) is 9.59 Å². The van der Waals surface area contributed by atoms with Gasteiger partial charge in [-0.15, -0.1) is 11.3 Å². The molecule has 0 aliphatic carbocycles. The Bertz CT molecular complexity index is 1930. The highest BCUT2D eigenvalue weighted by molar-refractivity contribution is 7.89. The normalized spacial score (nSPS) is 15.7. The maximum atomic E-state index is 13.8. The van der Waals surface area contributed by atoms with Crippen LogP contribution in [0.25, 0.3) is 20.8 Å². The molecule has 2 amide bonds. The summed E-state index contributed by atoms with van der Waals surface area (Å²) in [6.07, 6.45) is -0.341. The van der Waals surface area contributed by atoms with Crippen LogP contribution in [0.3, 0.4) is 0 Å². The molecule has 0 bridgehead atoms. The Morgan fingerprint density at radius 1 is 0.976 bits per heavy atom. The molecular formula is C31H23ClFN3O4S2. The third kappa shape index (κ3) is 5.34. The van der Waals surface area contributed by atoms with Gasteiger partial charge in [0.2, 0.25) is 15.9 Å². The van der Waals surface area contributed by atoms with Crippen LogP contribution in [0.2, 0.25) is 5.02 Å². The van der Waals surface area contributed by atoms with E-state index in [1.165, 1.54) is 48.5 Å². The fourth-order valence-corrected chi connectivity index (χ4v) is 7.66. The molecule has 1 aliphatic rings. The molecule has 6 rings (SSSR count). The number of benzene rings is 4. The SMILES string of the molecule is Cc1ccc2nc(-c3ccc(N4C(=O)CC(N(Cc5ccc(F)cc5)S(=O)(=O)c5ccc(Cl)cc5)C4=O)cc3)sc2c1. The number of carbonyl (C=O) groups excluding carboxylic acids is 2. The monoisotopic (exact) mass is 619 g/mol. The lowest BCUT2D eigenvalue weighted by Gasteiger charge is -2.27. The minimum absolute atomic E-state index is 0.0805. The number of carbonyl (C=O) groups is 2. The van der Waals surface area contributed by atoms with Gasteiger partial charge < -0.3 is 0 Å². The van der Waals surface area contributed by atoms with Crippen LogP contribution in [0.4, 0.5) is 10.1 Å². The van der Waals surface area contributed by atoms with Gasteiger partial charge in [-0.25, -0.2) is 22.7 Å². The van der Waals surface area contributed by atoms with Crippen LogP contribution in [0, 0.1) is 12.7 Å². The first-order chi connectivity index (χ1) is 20.1. The maximum Gasteiger partial charge on any atom is 0.252 e. The average molecular weight is 620 g/mol. The number of nitrogens with zero attached hydrogens (tertiary/aromatic N) is 3. The number of aromatic nitrogens is 1. The fourth-order valence-electron chi connectivity index (χ4n) is 4.89. The minimum atomic E-state index is -4.26. The summed E-state index contributed by atoms with van der Waals surface area (Å²) in [7, 11) is -4.26. The number of imide groups is 1. The number of hydrogen-bond acceptors (Lipinski definition) is 6. The summed E-state index contributed by atoms with van der Waals surface area (Å²) >= 11 is 7.51. The zero-order valence-corrected chi connectivity index (χ0v) is 24.6. The molecule has 4 aromatic carbocycles. The van der Waals surface area contributed by atoms with Crippen LogP contribution in [0.1, 0.15) is 17.5 Å². The van der Waals surface area contributed by atoms with Gasteiger partial charge >= 0.3 is 0 Å². The van der Waals surface area contributed by atoms with Crippen LogP contribution in [-0.4, -0.2) is 35.6 Å². The van der Waals surface area contributed by atoms with Crippen molar-refractivity contribution < 1.29 is 22.4 Å². The van der Waals surface area contributed by atoms with Crippen molar-refractivity contribution in [2.75, 3.05) is 4.90 Å². The Morgan fingerprint density at radius 2 is 1.67 bits per heavy atom. The van der Waals surface area contributed by atoms with Gasteiger partial charge in [0.1, 0.15) is 16.9 Å². The first-order valence-corrected chi connectivity index (χ1v) is 15.6. The number of anilines is 1. The summed E-state index contributed by atoms with van der Waals surface area (Å²) in [6, 6.07) is 22.5. The van der Waals surface area contributed by atoms with Gasteiger partial charge in [0.15, 0.2) is 0 Å². The van der Waals surface area contributed by atoms with Crippen molar-refractivity contribution in [1.29, 1.82) is 0 Å². The van der Waals surface area contributed by atoms with Crippen molar-refractivity contribution in [3.8, 4) is 10.6 Å². The molecule has 1 aliphatic heterocycles. The van der Waals surface area contributed by atoms with E-state index < -0.39 is 33.7 Å². The number of amides is 2. The molecule has 1 aromatic heterocycles. The van der Waals surface area contributed by atoms with Crippen LogP contribution in [0.15, 0.2) is 95.9 Å². The van der Waals surface area contributed by atoms with Crippen molar-refractivity contribution in [2.45, 2.75) is 30.8 Å². The molecule has 2 heterocycles. The number of aryl methyl sites for hydroxylation is 1. The van der Waals surface area contributed by atoms with E-state index in [9.17, 15) is 22.4 Å². The van der Waals surface area contributed by atoms with Crippen molar-refractivity contribution >= 4 is 60.7 Å². The minimum Gasteiger partial charge on any atom is -0.274 e. The number of hydrogen-bond donors (Lipinski definition) is 0. The van der Waals surface area contributed by atoms with Crippen LogP contribution in [0.5, 0.6) is 0 Å². The van der Waals surface area contributed by atoms with E-state index in [0.29, 0.717) is 16.3 Å². The topological polar surface area (TPSA) is 87.7 Å². The van der Waals surface area contributed by atoms with Crippen molar-refractivity contribution in [1.82, 2.24) is 9.29 Å². The number of sulfonamides is 1. The first kappa shape index (κ1) is 28.2.